The zero-order chi connectivity index (χ0) is 13.7. The third-order valence-electron chi connectivity index (χ3n) is 2.30. The van der Waals surface area contributed by atoms with E-state index in [9.17, 15) is 9.18 Å². The number of thioether (sulfide) groups is 1. The molecule has 98 valence electrons. The highest BCUT2D eigenvalue weighted by Gasteiger charge is 2.05. The minimum Gasteiger partial charge on any atom is -0.396 e. The molecular weight excluding hydrogens is 265 g/mol. The van der Waals surface area contributed by atoms with Gasteiger partial charge in [-0.1, -0.05) is 0 Å². The molecule has 0 fully saturated rings. The van der Waals surface area contributed by atoms with Crippen LogP contribution in [0, 0.1) is 5.82 Å². The molecule has 0 aliphatic rings. The summed E-state index contributed by atoms with van der Waals surface area (Å²) < 4.78 is 13.0. The van der Waals surface area contributed by atoms with Crippen LogP contribution >= 0.6 is 11.8 Å². The van der Waals surface area contributed by atoms with Gasteiger partial charge in [-0.3, -0.25) is 9.78 Å². The fourth-order valence-electron chi connectivity index (χ4n) is 1.40. The van der Waals surface area contributed by atoms with Gasteiger partial charge < -0.3 is 11.1 Å². The number of carbonyl (C=O) groups is 1. The second-order valence-corrected chi connectivity index (χ2v) is 4.80. The summed E-state index contributed by atoms with van der Waals surface area (Å²) in [7, 11) is 0. The summed E-state index contributed by atoms with van der Waals surface area (Å²) >= 11 is 1.40. The fourth-order valence-corrected chi connectivity index (χ4v) is 2.09. The molecule has 0 unspecified atom stereocenters. The van der Waals surface area contributed by atoms with E-state index < -0.39 is 5.82 Å². The van der Waals surface area contributed by atoms with E-state index in [2.05, 4.69) is 10.3 Å². The lowest BCUT2D eigenvalue weighted by Crippen LogP contribution is -2.14. The van der Waals surface area contributed by atoms with Crippen LogP contribution in [-0.2, 0) is 4.79 Å². The third-order valence-corrected chi connectivity index (χ3v) is 3.31. The van der Waals surface area contributed by atoms with Crippen LogP contribution in [-0.4, -0.2) is 16.6 Å². The van der Waals surface area contributed by atoms with Gasteiger partial charge in [-0.2, -0.15) is 0 Å². The van der Waals surface area contributed by atoms with Crippen molar-refractivity contribution in [2.75, 3.05) is 16.8 Å². The molecule has 1 aromatic carbocycles. The first-order valence-electron chi connectivity index (χ1n) is 5.53. The Morgan fingerprint density at radius 1 is 1.32 bits per heavy atom. The molecule has 19 heavy (non-hydrogen) atoms. The standard InChI is InChI=1S/C13H12FN3OS/c14-11-2-1-9(7-12(11)15)17-13(18)8-19-10-3-5-16-6-4-10/h1-7H,8,15H2,(H,17,18). The van der Waals surface area contributed by atoms with Gasteiger partial charge in [-0.05, 0) is 30.3 Å². The number of anilines is 2. The summed E-state index contributed by atoms with van der Waals surface area (Å²) in [4.78, 5) is 16.6. The number of nitrogens with one attached hydrogen (secondary N) is 1. The van der Waals surface area contributed by atoms with Crippen LogP contribution in [0.2, 0.25) is 0 Å². The highest BCUT2D eigenvalue weighted by Crippen LogP contribution is 2.19. The summed E-state index contributed by atoms with van der Waals surface area (Å²) in [5.74, 6) is -0.404. The van der Waals surface area contributed by atoms with Crippen molar-refractivity contribution < 1.29 is 9.18 Å². The lowest BCUT2D eigenvalue weighted by Gasteiger charge is -2.06. The summed E-state index contributed by atoms with van der Waals surface area (Å²) in [5.41, 5.74) is 5.92. The van der Waals surface area contributed by atoms with Crippen LogP contribution in [0.3, 0.4) is 0 Å². The number of aromatic nitrogens is 1. The van der Waals surface area contributed by atoms with Crippen molar-refractivity contribution in [3.63, 3.8) is 0 Å². The second-order valence-electron chi connectivity index (χ2n) is 3.76. The van der Waals surface area contributed by atoms with Gasteiger partial charge >= 0.3 is 0 Å². The molecule has 4 nitrogen and oxygen atoms in total. The van der Waals surface area contributed by atoms with Crippen molar-refractivity contribution in [3.05, 3.63) is 48.5 Å². The first-order valence-corrected chi connectivity index (χ1v) is 6.51. The topological polar surface area (TPSA) is 68.0 Å². The molecule has 0 spiro atoms. The number of rotatable bonds is 4. The molecule has 0 radical (unpaired) electrons. The minimum absolute atomic E-state index is 0.0135. The van der Waals surface area contributed by atoms with E-state index in [4.69, 9.17) is 5.73 Å². The molecule has 0 atom stereocenters. The second kappa shape index (κ2) is 6.19. The van der Waals surface area contributed by atoms with Gasteiger partial charge in [0.1, 0.15) is 5.82 Å². The van der Waals surface area contributed by atoms with E-state index in [1.54, 1.807) is 12.4 Å². The average Bonchev–Trinajstić information content (AvgIpc) is 2.42. The first-order chi connectivity index (χ1) is 9.15. The predicted molar refractivity (Wildman–Crippen MR) is 74.4 cm³/mol. The van der Waals surface area contributed by atoms with Crippen LogP contribution in [0.5, 0.6) is 0 Å². The molecular formula is C13H12FN3OS. The van der Waals surface area contributed by atoms with Gasteiger partial charge in [0.05, 0.1) is 11.4 Å². The van der Waals surface area contributed by atoms with Crippen LogP contribution in [0.15, 0.2) is 47.6 Å². The van der Waals surface area contributed by atoms with Gasteiger partial charge in [-0.25, -0.2) is 4.39 Å². The Bertz CT molecular complexity index is 577. The smallest absolute Gasteiger partial charge is 0.234 e. The Labute approximate surface area is 114 Å². The van der Waals surface area contributed by atoms with Gasteiger partial charge in [0.15, 0.2) is 0 Å². The van der Waals surface area contributed by atoms with Crippen molar-refractivity contribution in [2.24, 2.45) is 0 Å². The van der Waals surface area contributed by atoms with Crippen LogP contribution in [0.4, 0.5) is 15.8 Å². The van der Waals surface area contributed by atoms with E-state index >= 15 is 0 Å². The SMILES string of the molecule is Nc1cc(NC(=O)CSc2ccncc2)ccc1F. The first kappa shape index (κ1) is 13.4. The number of nitrogens with two attached hydrogens (primary N) is 1. The van der Waals surface area contributed by atoms with Gasteiger partial charge in [0.25, 0.3) is 0 Å². The molecule has 1 aromatic heterocycles. The zero-order valence-electron chi connectivity index (χ0n) is 9.97. The van der Waals surface area contributed by atoms with Crippen molar-refractivity contribution in [1.29, 1.82) is 0 Å². The summed E-state index contributed by atoms with van der Waals surface area (Å²) in [6.07, 6.45) is 3.34. The predicted octanol–water partition coefficient (Wildman–Crippen LogP) is 2.53. The van der Waals surface area contributed by atoms with E-state index in [1.807, 2.05) is 12.1 Å². The van der Waals surface area contributed by atoms with Crippen LogP contribution < -0.4 is 11.1 Å². The van der Waals surface area contributed by atoms with E-state index in [-0.39, 0.29) is 17.3 Å². The van der Waals surface area contributed by atoms with E-state index in [0.717, 1.165) is 4.90 Å². The molecule has 0 aliphatic carbocycles. The lowest BCUT2D eigenvalue weighted by molar-refractivity contribution is -0.113. The maximum Gasteiger partial charge on any atom is 0.234 e. The number of hydrogen-bond donors (Lipinski definition) is 2. The molecule has 1 amide bonds. The number of pyridine rings is 1. The Kier molecular flexibility index (Phi) is 4.35. The molecule has 2 aromatic rings. The Morgan fingerprint density at radius 2 is 2.05 bits per heavy atom. The van der Waals surface area contributed by atoms with Gasteiger partial charge in [0.2, 0.25) is 5.91 Å². The zero-order valence-corrected chi connectivity index (χ0v) is 10.8. The molecule has 2 rings (SSSR count). The summed E-state index contributed by atoms with van der Waals surface area (Å²) in [6.45, 7) is 0. The van der Waals surface area contributed by atoms with Gasteiger partial charge in [0, 0.05) is 23.0 Å². The number of nitrogen functional groups attached to an aromatic ring is 1. The fraction of sp³-hybridized carbons (Fsp3) is 0.0769. The molecule has 0 bridgehead atoms. The van der Waals surface area contributed by atoms with E-state index in [1.165, 1.54) is 30.0 Å². The number of halogens is 1. The minimum atomic E-state index is -0.496. The van der Waals surface area contributed by atoms with Crippen molar-refractivity contribution >= 4 is 29.0 Å². The normalized spacial score (nSPS) is 10.2. The lowest BCUT2D eigenvalue weighted by atomic mass is 10.2. The molecule has 0 saturated heterocycles. The maximum atomic E-state index is 13.0. The highest BCUT2D eigenvalue weighted by molar-refractivity contribution is 8.00. The molecule has 1 heterocycles. The number of amides is 1. The monoisotopic (exact) mass is 277 g/mol. The quantitative estimate of drug-likeness (QED) is 0.665. The number of hydrogen-bond acceptors (Lipinski definition) is 4. The summed E-state index contributed by atoms with van der Waals surface area (Å²) in [6, 6.07) is 7.74. The van der Waals surface area contributed by atoms with E-state index in [0.29, 0.717) is 5.69 Å². The maximum absolute atomic E-state index is 13.0. The van der Waals surface area contributed by atoms with Crippen LogP contribution in [0.1, 0.15) is 0 Å². The van der Waals surface area contributed by atoms with Gasteiger partial charge in [-0.15, -0.1) is 11.8 Å². The number of carbonyl (C=O) groups excluding carboxylic acids is 1. The Hall–Kier alpha value is -2.08. The largest absolute Gasteiger partial charge is 0.396 e. The number of nitrogens with zero attached hydrogens (tertiary/aromatic N) is 1. The van der Waals surface area contributed by atoms with Crippen molar-refractivity contribution in [3.8, 4) is 0 Å². The Balaban J connectivity index is 1.89. The van der Waals surface area contributed by atoms with Crippen molar-refractivity contribution in [1.82, 2.24) is 4.98 Å². The van der Waals surface area contributed by atoms with Crippen LogP contribution in [0.25, 0.3) is 0 Å². The highest BCUT2D eigenvalue weighted by atomic mass is 32.2. The Morgan fingerprint density at radius 3 is 2.74 bits per heavy atom. The molecule has 6 heteroatoms. The molecule has 3 N–H and O–H groups in total. The molecule has 0 saturated carbocycles. The summed E-state index contributed by atoms with van der Waals surface area (Å²) in [5, 5.41) is 2.66. The molecule has 0 aliphatic heterocycles. The van der Waals surface area contributed by atoms with Crippen molar-refractivity contribution in [2.45, 2.75) is 4.90 Å². The average molecular weight is 277 g/mol. The number of benzene rings is 1. The third kappa shape index (κ3) is 3.96.